The third-order valence-electron chi connectivity index (χ3n) is 7.36. The molecule has 0 radical (unpaired) electrons. The molecule has 4 aliphatic carbocycles. The molecular weight excluding hydrogens is 424 g/mol. The first-order chi connectivity index (χ1) is 15.7. The van der Waals surface area contributed by atoms with Crippen molar-refractivity contribution in [1.82, 2.24) is 16.0 Å². The van der Waals surface area contributed by atoms with Crippen LogP contribution in [0.2, 0.25) is 0 Å². The highest BCUT2D eigenvalue weighted by molar-refractivity contribution is 5.83. The van der Waals surface area contributed by atoms with E-state index in [0.29, 0.717) is 25.9 Å². The summed E-state index contributed by atoms with van der Waals surface area (Å²) >= 11 is 0. The zero-order valence-electron chi connectivity index (χ0n) is 19.5. The van der Waals surface area contributed by atoms with Crippen molar-refractivity contribution in [2.75, 3.05) is 13.1 Å². The van der Waals surface area contributed by atoms with E-state index in [2.05, 4.69) is 20.9 Å². The Morgan fingerprint density at radius 2 is 1.61 bits per heavy atom. The molecule has 33 heavy (non-hydrogen) atoms. The van der Waals surface area contributed by atoms with Crippen LogP contribution in [0.15, 0.2) is 4.99 Å². The smallest absolute Gasteiger partial charge is 0.326 e. The molecule has 0 aromatic rings. The van der Waals surface area contributed by atoms with Gasteiger partial charge in [0.15, 0.2) is 5.96 Å². The van der Waals surface area contributed by atoms with Crippen LogP contribution >= 0.6 is 0 Å². The van der Waals surface area contributed by atoms with Crippen molar-refractivity contribution in [3.63, 3.8) is 0 Å². The Morgan fingerprint density at radius 1 is 0.970 bits per heavy atom. The maximum Gasteiger partial charge on any atom is 0.326 e. The third kappa shape index (κ3) is 7.78. The van der Waals surface area contributed by atoms with Crippen LogP contribution in [0.1, 0.15) is 77.0 Å². The van der Waals surface area contributed by atoms with Gasteiger partial charge in [-0.25, -0.2) is 9.59 Å². The molecule has 4 bridgehead atoms. The first kappa shape index (κ1) is 25.1. The van der Waals surface area contributed by atoms with Gasteiger partial charge < -0.3 is 32.5 Å². The zero-order valence-corrected chi connectivity index (χ0v) is 19.5. The van der Waals surface area contributed by atoms with E-state index in [4.69, 9.17) is 11.5 Å². The van der Waals surface area contributed by atoms with E-state index < -0.39 is 12.0 Å². The third-order valence-corrected chi connectivity index (χ3v) is 7.36. The maximum atomic E-state index is 12.4. The lowest BCUT2D eigenvalue weighted by Gasteiger charge is -2.56. The second-order valence-electron chi connectivity index (χ2n) is 10.3. The SMILES string of the molecule is NC(N)=NCCC[C@H](NC(=O)CCCCCNC(=O)NC12CC3CC(CC(C3)C1)C2)C(=O)O. The lowest BCUT2D eigenvalue weighted by molar-refractivity contribution is -0.142. The van der Waals surface area contributed by atoms with Gasteiger partial charge in [0.1, 0.15) is 6.04 Å². The molecule has 4 saturated carbocycles. The van der Waals surface area contributed by atoms with Crippen LogP contribution in [0.3, 0.4) is 0 Å². The lowest BCUT2D eigenvalue weighted by atomic mass is 9.53. The number of nitrogens with one attached hydrogen (secondary N) is 3. The topological polar surface area (TPSA) is 172 Å². The number of guanidine groups is 1. The zero-order chi connectivity index (χ0) is 23.8. The average molecular weight is 465 g/mol. The van der Waals surface area contributed by atoms with Gasteiger partial charge in [0.2, 0.25) is 5.91 Å². The molecule has 0 spiro atoms. The van der Waals surface area contributed by atoms with Crippen molar-refractivity contribution in [3.05, 3.63) is 0 Å². The van der Waals surface area contributed by atoms with Gasteiger partial charge in [-0.05, 0) is 82.0 Å². The van der Waals surface area contributed by atoms with Crippen molar-refractivity contribution < 1.29 is 19.5 Å². The summed E-state index contributed by atoms with van der Waals surface area (Å²) in [5, 5.41) is 18.1. The normalized spacial score (nSPS) is 28.1. The Labute approximate surface area is 195 Å². The molecule has 0 aromatic heterocycles. The van der Waals surface area contributed by atoms with Gasteiger partial charge in [-0.1, -0.05) is 6.42 Å². The molecule has 1 atom stereocenters. The first-order valence-electron chi connectivity index (χ1n) is 12.4. The van der Waals surface area contributed by atoms with Crippen LogP contribution in [0.5, 0.6) is 0 Å². The van der Waals surface area contributed by atoms with Crippen LogP contribution < -0.4 is 27.4 Å². The van der Waals surface area contributed by atoms with Crippen LogP contribution in [-0.4, -0.2) is 53.6 Å². The molecule has 186 valence electrons. The fourth-order valence-corrected chi connectivity index (χ4v) is 6.37. The number of carboxylic acids is 1. The molecule has 0 saturated heterocycles. The van der Waals surface area contributed by atoms with Gasteiger partial charge in [0.25, 0.3) is 0 Å². The monoisotopic (exact) mass is 464 g/mol. The Bertz CT molecular complexity index is 701. The minimum absolute atomic E-state index is 0.0148. The van der Waals surface area contributed by atoms with Crippen molar-refractivity contribution in [2.45, 2.75) is 88.6 Å². The molecule has 0 aliphatic heterocycles. The van der Waals surface area contributed by atoms with Crippen LogP contribution in [0.4, 0.5) is 4.79 Å². The molecule has 0 heterocycles. The second-order valence-corrected chi connectivity index (χ2v) is 10.3. The minimum atomic E-state index is -1.07. The number of hydrogen-bond acceptors (Lipinski definition) is 4. The number of urea groups is 1. The number of carbonyl (C=O) groups is 3. The molecule has 10 nitrogen and oxygen atoms in total. The molecular formula is C23H40N6O4. The number of amides is 3. The largest absolute Gasteiger partial charge is 0.480 e. The number of carboxylic acid groups (broad SMARTS) is 1. The molecule has 10 heteroatoms. The van der Waals surface area contributed by atoms with E-state index in [9.17, 15) is 19.5 Å². The Balaban J connectivity index is 1.24. The number of carbonyl (C=O) groups excluding carboxylic acids is 2. The highest BCUT2D eigenvalue weighted by Gasteiger charge is 2.51. The van der Waals surface area contributed by atoms with Gasteiger partial charge in [-0.3, -0.25) is 9.79 Å². The number of aliphatic imine (C=N–C) groups is 1. The number of rotatable bonds is 13. The number of hydrogen-bond donors (Lipinski definition) is 6. The molecule has 4 aliphatic rings. The summed E-state index contributed by atoms with van der Waals surface area (Å²) in [6.45, 7) is 0.897. The summed E-state index contributed by atoms with van der Waals surface area (Å²) in [5.41, 5.74) is 10.5. The molecule has 4 rings (SSSR count). The summed E-state index contributed by atoms with van der Waals surface area (Å²) in [4.78, 5) is 39.6. The Morgan fingerprint density at radius 3 is 2.18 bits per heavy atom. The predicted octanol–water partition coefficient (Wildman–Crippen LogP) is 1.44. The van der Waals surface area contributed by atoms with E-state index in [1.54, 1.807) is 0 Å². The van der Waals surface area contributed by atoms with E-state index in [0.717, 1.165) is 49.9 Å². The summed E-state index contributed by atoms with van der Waals surface area (Å²) < 4.78 is 0. The summed E-state index contributed by atoms with van der Waals surface area (Å²) in [7, 11) is 0. The molecule has 0 unspecified atom stereocenters. The summed E-state index contributed by atoms with van der Waals surface area (Å²) in [6, 6.07) is -1.01. The Kier molecular flexibility index (Phi) is 8.80. The minimum Gasteiger partial charge on any atom is -0.480 e. The lowest BCUT2D eigenvalue weighted by Crippen LogP contribution is -2.61. The highest BCUT2D eigenvalue weighted by atomic mass is 16.4. The van der Waals surface area contributed by atoms with Crippen molar-refractivity contribution in [3.8, 4) is 0 Å². The molecule has 4 fully saturated rings. The van der Waals surface area contributed by atoms with Gasteiger partial charge in [-0.15, -0.1) is 0 Å². The quantitative estimate of drug-likeness (QED) is 0.137. The average Bonchev–Trinajstić information content (AvgIpc) is 2.71. The van der Waals surface area contributed by atoms with Crippen molar-refractivity contribution in [1.29, 1.82) is 0 Å². The number of aliphatic carboxylic acids is 1. The number of nitrogens with zero attached hydrogens (tertiary/aromatic N) is 1. The van der Waals surface area contributed by atoms with Crippen LogP contribution in [0.25, 0.3) is 0 Å². The van der Waals surface area contributed by atoms with Crippen LogP contribution in [-0.2, 0) is 9.59 Å². The fourth-order valence-electron chi connectivity index (χ4n) is 6.37. The van der Waals surface area contributed by atoms with E-state index in [1.807, 2.05) is 0 Å². The second kappa shape index (κ2) is 11.6. The summed E-state index contributed by atoms with van der Waals surface area (Å²) in [6.07, 6.45) is 10.6. The molecule has 8 N–H and O–H groups in total. The number of unbranched alkanes of at least 4 members (excludes halogenated alkanes) is 2. The van der Waals surface area contributed by atoms with E-state index >= 15 is 0 Å². The Hall–Kier alpha value is -2.52. The number of nitrogens with two attached hydrogens (primary N) is 2. The summed E-state index contributed by atoms with van der Waals surface area (Å²) in [5.74, 6) is 0.995. The fraction of sp³-hybridized carbons (Fsp3) is 0.826. The van der Waals surface area contributed by atoms with Crippen LogP contribution in [0, 0.1) is 17.8 Å². The van der Waals surface area contributed by atoms with E-state index in [1.165, 1.54) is 19.3 Å². The van der Waals surface area contributed by atoms with Gasteiger partial charge in [-0.2, -0.15) is 0 Å². The van der Waals surface area contributed by atoms with Crippen molar-refractivity contribution in [2.24, 2.45) is 34.2 Å². The predicted molar refractivity (Wildman–Crippen MR) is 125 cm³/mol. The molecule has 0 aromatic carbocycles. The first-order valence-corrected chi connectivity index (χ1v) is 12.4. The molecule has 3 amide bonds. The van der Waals surface area contributed by atoms with Crippen molar-refractivity contribution >= 4 is 23.9 Å². The van der Waals surface area contributed by atoms with E-state index in [-0.39, 0.29) is 36.3 Å². The highest BCUT2D eigenvalue weighted by Crippen LogP contribution is 2.55. The van der Waals surface area contributed by atoms with Gasteiger partial charge >= 0.3 is 12.0 Å². The standard InChI is InChI=1S/C23H40N6O4/c24-21(25)26-8-4-5-18(20(31)32)28-19(30)6-2-1-3-7-27-22(33)29-23-12-15-9-16(13-23)11-17(10-15)14-23/h15-18H,1-14H2,(H,28,30)(H,31,32)(H4,24,25,26)(H2,27,29,33)/t15?,16?,17?,18-,23?/m0/s1. The maximum absolute atomic E-state index is 12.4. The van der Waals surface area contributed by atoms with Gasteiger partial charge in [0, 0.05) is 25.0 Å². The van der Waals surface area contributed by atoms with Gasteiger partial charge in [0.05, 0.1) is 0 Å².